The molecule has 0 saturated heterocycles. The number of halogens is 5. The van der Waals surface area contributed by atoms with E-state index in [1.807, 2.05) is 11.4 Å². The second-order valence-corrected chi connectivity index (χ2v) is 7.57. The molecule has 0 saturated carbocycles. The third kappa shape index (κ3) is 5.40. The second kappa shape index (κ2) is 9.02. The van der Waals surface area contributed by atoms with Crippen molar-refractivity contribution in [3.05, 3.63) is 50.0 Å². The molecule has 0 aliphatic heterocycles. The van der Waals surface area contributed by atoms with Crippen LogP contribution in [0, 0.1) is 0 Å². The number of hydrogen-bond donors (Lipinski definition) is 1. The van der Waals surface area contributed by atoms with Crippen molar-refractivity contribution in [3.63, 3.8) is 0 Å². The van der Waals surface area contributed by atoms with Crippen molar-refractivity contribution in [1.82, 2.24) is 25.6 Å². The first kappa shape index (κ1) is 21.4. The molecule has 3 rings (SSSR count). The number of allylic oxidation sites excluding steroid dienone is 2. The van der Waals surface area contributed by atoms with Gasteiger partial charge >= 0.3 is 6.18 Å². The van der Waals surface area contributed by atoms with E-state index in [2.05, 4.69) is 30.6 Å². The highest BCUT2D eigenvalue weighted by atomic mass is 35.5. The zero-order valence-electron chi connectivity index (χ0n) is 14.8. The van der Waals surface area contributed by atoms with Gasteiger partial charge < -0.3 is 0 Å². The van der Waals surface area contributed by atoms with Crippen LogP contribution in [0.1, 0.15) is 17.8 Å². The summed E-state index contributed by atoms with van der Waals surface area (Å²) in [7, 11) is 0. The number of rotatable bonds is 6. The van der Waals surface area contributed by atoms with Crippen molar-refractivity contribution in [3.8, 4) is 11.3 Å². The Bertz CT molecular complexity index is 1040. The van der Waals surface area contributed by atoms with Gasteiger partial charge in [0.15, 0.2) is 0 Å². The van der Waals surface area contributed by atoms with Crippen LogP contribution in [0.5, 0.6) is 0 Å². The average molecular weight is 461 g/mol. The van der Waals surface area contributed by atoms with Crippen LogP contribution >= 0.6 is 34.5 Å². The van der Waals surface area contributed by atoms with Gasteiger partial charge in [-0.1, -0.05) is 29.3 Å². The largest absolute Gasteiger partial charge is 0.413 e. The van der Waals surface area contributed by atoms with Crippen molar-refractivity contribution in [2.45, 2.75) is 19.5 Å². The number of hydrogen-bond acceptors (Lipinski definition) is 6. The van der Waals surface area contributed by atoms with Gasteiger partial charge in [-0.15, -0.1) is 21.5 Å². The molecule has 0 unspecified atom stereocenters. The van der Waals surface area contributed by atoms with Crippen LogP contribution < -0.4 is 0 Å². The first-order chi connectivity index (χ1) is 13.8. The number of aromatic nitrogens is 5. The third-order valence-corrected chi connectivity index (χ3v) is 5.51. The van der Waals surface area contributed by atoms with Crippen LogP contribution in [0.3, 0.4) is 0 Å². The van der Waals surface area contributed by atoms with Crippen LogP contribution in [-0.4, -0.2) is 44.5 Å². The number of nitrogens with zero attached hydrogens (tertiary/aromatic N) is 5. The number of aliphatic imine (C=N–C) groups is 1. The minimum atomic E-state index is -4.52. The lowest BCUT2D eigenvalue weighted by Gasteiger charge is -2.08. The normalized spacial score (nSPS) is 13.2. The van der Waals surface area contributed by atoms with Crippen molar-refractivity contribution in [2.24, 2.45) is 4.99 Å². The Kier molecular flexibility index (Phi) is 6.66. The Morgan fingerprint density at radius 2 is 2.07 bits per heavy atom. The summed E-state index contributed by atoms with van der Waals surface area (Å²) < 4.78 is 39.2. The van der Waals surface area contributed by atoms with E-state index in [0.29, 0.717) is 16.5 Å². The van der Waals surface area contributed by atoms with Crippen molar-refractivity contribution >= 4 is 46.3 Å². The molecule has 2 heterocycles. The average Bonchev–Trinajstić information content (AvgIpc) is 3.35. The molecule has 6 nitrogen and oxygen atoms in total. The van der Waals surface area contributed by atoms with Gasteiger partial charge in [-0.2, -0.15) is 18.4 Å². The van der Waals surface area contributed by atoms with Gasteiger partial charge in [0.2, 0.25) is 5.82 Å². The summed E-state index contributed by atoms with van der Waals surface area (Å²) in [5.74, 6) is -0.167. The molecule has 0 atom stereocenters. The molecule has 0 aliphatic carbocycles. The van der Waals surface area contributed by atoms with Gasteiger partial charge in [0, 0.05) is 41.3 Å². The van der Waals surface area contributed by atoms with E-state index in [0.717, 1.165) is 29.4 Å². The summed E-state index contributed by atoms with van der Waals surface area (Å²) >= 11 is 13.4. The topological polar surface area (TPSA) is 79.7 Å². The van der Waals surface area contributed by atoms with E-state index in [-0.39, 0.29) is 17.9 Å². The van der Waals surface area contributed by atoms with Crippen molar-refractivity contribution < 1.29 is 13.2 Å². The fourth-order valence-corrected chi connectivity index (χ4v) is 3.38. The summed E-state index contributed by atoms with van der Waals surface area (Å²) in [6.45, 7) is 1.20. The van der Waals surface area contributed by atoms with Crippen LogP contribution in [0.4, 0.5) is 13.2 Å². The predicted molar refractivity (Wildman–Crippen MR) is 107 cm³/mol. The van der Waals surface area contributed by atoms with Crippen LogP contribution in [-0.2, 0) is 6.42 Å². The zero-order chi connectivity index (χ0) is 21.0. The maximum Gasteiger partial charge on any atom is 0.413 e. The molecule has 152 valence electrons. The van der Waals surface area contributed by atoms with Gasteiger partial charge in [0.1, 0.15) is 0 Å². The third-order valence-electron chi connectivity index (χ3n) is 3.86. The summed E-state index contributed by atoms with van der Waals surface area (Å²) in [5, 5.41) is 16.2. The minimum absolute atomic E-state index is 0.167. The molecular weight excluding hydrogens is 448 g/mol. The van der Waals surface area contributed by atoms with E-state index in [4.69, 9.17) is 23.2 Å². The Hall–Kier alpha value is -2.30. The van der Waals surface area contributed by atoms with Gasteiger partial charge in [-0.05, 0) is 24.3 Å². The molecule has 1 aromatic carbocycles. The highest BCUT2D eigenvalue weighted by molar-refractivity contribution is 7.09. The molecule has 0 bridgehead atoms. The molecule has 2 aromatic heterocycles. The zero-order valence-corrected chi connectivity index (χ0v) is 17.2. The highest BCUT2D eigenvalue weighted by Crippen LogP contribution is 2.31. The van der Waals surface area contributed by atoms with Gasteiger partial charge in [0.05, 0.1) is 20.7 Å². The number of H-pyrrole nitrogens is 1. The lowest BCUT2D eigenvalue weighted by Crippen LogP contribution is -2.12. The molecular formula is C17H13Cl2F3N6S. The summed E-state index contributed by atoms with van der Waals surface area (Å²) in [4.78, 5) is 8.59. The number of thiazole rings is 1. The molecule has 12 heteroatoms. The molecule has 0 spiro atoms. The Labute approximate surface area is 177 Å². The minimum Gasteiger partial charge on any atom is -0.292 e. The Morgan fingerprint density at radius 3 is 2.72 bits per heavy atom. The van der Waals surface area contributed by atoms with Crippen molar-refractivity contribution in [1.29, 1.82) is 0 Å². The number of benzene rings is 1. The van der Waals surface area contributed by atoms with E-state index < -0.39 is 11.7 Å². The first-order valence-electron chi connectivity index (χ1n) is 8.17. The molecule has 0 radical (unpaired) electrons. The Morgan fingerprint density at radius 1 is 1.28 bits per heavy atom. The standard InChI is InChI=1S/C17H13Cl2F3N6S/c1-9(17(20,21)22)11(16-25-27-28-26-16)7-23-5-4-15-24-14(8-29-15)10-2-3-12(18)13(19)6-10/h2-3,6-8H,4-5H2,1H3,(H,25,26,27,28)/b11-9-,23-7?. The quantitative estimate of drug-likeness (QED) is 0.507. The van der Waals surface area contributed by atoms with Gasteiger partial charge in [-0.25, -0.2) is 4.98 Å². The number of aromatic amines is 1. The van der Waals surface area contributed by atoms with Crippen LogP contribution in [0.15, 0.2) is 34.1 Å². The lowest BCUT2D eigenvalue weighted by atomic mass is 10.1. The Balaban J connectivity index is 1.69. The summed E-state index contributed by atoms with van der Waals surface area (Å²) in [6, 6.07) is 5.23. The van der Waals surface area contributed by atoms with Crippen LogP contribution in [0.25, 0.3) is 16.8 Å². The van der Waals surface area contributed by atoms with Crippen molar-refractivity contribution in [2.75, 3.05) is 6.54 Å². The summed E-state index contributed by atoms with van der Waals surface area (Å²) in [6.07, 6.45) is -2.94. The maximum atomic E-state index is 13.1. The van der Waals surface area contributed by atoms with Gasteiger partial charge in [0.25, 0.3) is 0 Å². The molecule has 0 amide bonds. The second-order valence-electron chi connectivity index (χ2n) is 5.81. The van der Waals surface area contributed by atoms with Crippen LogP contribution in [0.2, 0.25) is 10.0 Å². The number of nitrogens with one attached hydrogen (secondary N) is 1. The highest BCUT2D eigenvalue weighted by Gasteiger charge is 2.33. The number of tetrazole rings is 1. The molecule has 0 fully saturated rings. The molecule has 1 N–H and O–H groups in total. The fraction of sp³-hybridized carbons (Fsp3) is 0.235. The van der Waals surface area contributed by atoms with Gasteiger partial charge in [-0.3, -0.25) is 4.99 Å². The smallest absolute Gasteiger partial charge is 0.292 e. The fourth-order valence-electron chi connectivity index (χ4n) is 2.28. The number of alkyl halides is 3. The first-order valence-corrected chi connectivity index (χ1v) is 9.81. The molecule has 0 aliphatic rings. The maximum absolute atomic E-state index is 13.1. The van der Waals surface area contributed by atoms with E-state index >= 15 is 0 Å². The summed E-state index contributed by atoms with van der Waals surface area (Å²) in [5.41, 5.74) is 0.488. The predicted octanol–water partition coefficient (Wildman–Crippen LogP) is 5.28. The monoisotopic (exact) mass is 460 g/mol. The van der Waals surface area contributed by atoms with E-state index in [1.54, 1.807) is 12.1 Å². The SMILES string of the molecule is C/C(=C(\C=NCCc1nc(-c2ccc(Cl)c(Cl)c2)cs1)c1nn[nH]n1)C(F)(F)F. The lowest BCUT2D eigenvalue weighted by molar-refractivity contribution is -0.0905. The van der Waals surface area contributed by atoms with E-state index in [1.165, 1.54) is 11.3 Å². The van der Waals surface area contributed by atoms with E-state index in [9.17, 15) is 13.2 Å². The molecule has 29 heavy (non-hydrogen) atoms. The molecule has 3 aromatic rings.